The highest BCUT2D eigenvalue weighted by atomic mass is 127. The number of halogens is 1. The van der Waals surface area contributed by atoms with Crippen LogP contribution in [0.15, 0.2) is 23.7 Å². The Hall–Kier alpha value is -0.790. The first-order chi connectivity index (χ1) is 8.26. The SMILES string of the molecule is CCNC(=NCCn1ccnc1)NC(C)CC.I. The highest BCUT2D eigenvalue weighted by molar-refractivity contribution is 14.0. The van der Waals surface area contributed by atoms with Crippen molar-refractivity contribution in [1.82, 2.24) is 20.2 Å². The molecule has 104 valence electrons. The van der Waals surface area contributed by atoms with E-state index >= 15 is 0 Å². The quantitative estimate of drug-likeness (QED) is 0.460. The van der Waals surface area contributed by atoms with E-state index in [-0.39, 0.29) is 24.0 Å². The third-order valence-electron chi connectivity index (χ3n) is 2.53. The Labute approximate surface area is 126 Å². The van der Waals surface area contributed by atoms with Crippen LogP contribution in [0.25, 0.3) is 0 Å². The topological polar surface area (TPSA) is 54.2 Å². The number of aliphatic imine (C=N–C) groups is 1. The van der Waals surface area contributed by atoms with Crippen LogP contribution in [0, 0.1) is 0 Å². The van der Waals surface area contributed by atoms with Gasteiger partial charge in [0.05, 0.1) is 12.9 Å². The van der Waals surface area contributed by atoms with Crippen LogP contribution >= 0.6 is 24.0 Å². The van der Waals surface area contributed by atoms with Crippen molar-refractivity contribution in [3.05, 3.63) is 18.7 Å². The molecule has 6 heteroatoms. The van der Waals surface area contributed by atoms with Gasteiger partial charge in [-0.05, 0) is 20.3 Å². The number of aromatic nitrogens is 2. The van der Waals surface area contributed by atoms with Gasteiger partial charge in [-0.25, -0.2) is 4.98 Å². The lowest BCUT2D eigenvalue weighted by Gasteiger charge is -2.16. The van der Waals surface area contributed by atoms with Gasteiger partial charge in [0.1, 0.15) is 0 Å². The van der Waals surface area contributed by atoms with Gasteiger partial charge in [-0.1, -0.05) is 6.92 Å². The molecule has 5 nitrogen and oxygen atoms in total. The van der Waals surface area contributed by atoms with Crippen LogP contribution in [0.1, 0.15) is 27.2 Å². The average Bonchev–Trinajstić information content (AvgIpc) is 2.82. The molecule has 18 heavy (non-hydrogen) atoms. The molecule has 2 N–H and O–H groups in total. The molecule has 1 aromatic heterocycles. The zero-order valence-corrected chi connectivity index (χ0v) is 13.7. The Balaban J connectivity index is 0.00000289. The van der Waals surface area contributed by atoms with Crippen molar-refractivity contribution in [2.45, 2.75) is 39.8 Å². The van der Waals surface area contributed by atoms with Crippen molar-refractivity contribution in [2.75, 3.05) is 13.1 Å². The van der Waals surface area contributed by atoms with Crippen LogP contribution in [-0.2, 0) is 6.54 Å². The molecule has 1 rings (SSSR count). The largest absolute Gasteiger partial charge is 0.357 e. The number of hydrogen-bond acceptors (Lipinski definition) is 2. The molecule has 0 aliphatic heterocycles. The van der Waals surface area contributed by atoms with Crippen LogP contribution in [0.2, 0.25) is 0 Å². The van der Waals surface area contributed by atoms with Gasteiger partial charge in [-0.2, -0.15) is 0 Å². The van der Waals surface area contributed by atoms with Crippen molar-refractivity contribution in [3.8, 4) is 0 Å². The van der Waals surface area contributed by atoms with E-state index in [0.717, 1.165) is 32.0 Å². The van der Waals surface area contributed by atoms with Crippen molar-refractivity contribution < 1.29 is 0 Å². The van der Waals surface area contributed by atoms with Gasteiger partial charge in [0, 0.05) is 31.5 Å². The van der Waals surface area contributed by atoms with Crippen molar-refractivity contribution in [3.63, 3.8) is 0 Å². The summed E-state index contributed by atoms with van der Waals surface area (Å²) in [5.74, 6) is 0.891. The van der Waals surface area contributed by atoms with E-state index in [0.29, 0.717) is 6.04 Å². The van der Waals surface area contributed by atoms with E-state index < -0.39 is 0 Å². The van der Waals surface area contributed by atoms with Gasteiger partial charge in [-0.3, -0.25) is 4.99 Å². The first kappa shape index (κ1) is 17.2. The Kier molecular flexibility index (Phi) is 9.72. The lowest BCUT2D eigenvalue weighted by molar-refractivity contribution is 0.620. The second kappa shape index (κ2) is 10.2. The second-order valence-corrected chi connectivity index (χ2v) is 4.01. The zero-order chi connectivity index (χ0) is 12.5. The fourth-order valence-electron chi connectivity index (χ4n) is 1.35. The van der Waals surface area contributed by atoms with Crippen LogP contribution in [-0.4, -0.2) is 34.6 Å². The minimum atomic E-state index is 0. The number of guanidine groups is 1. The molecular weight excluding hydrogens is 341 g/mol. The molecule has 1 atom stereocenters. The molecule has 0 aliphatic rings. The first-order valence-corrected chi connectivity index (χ1v) is 6.26. The molecule has 1 heterocycles. The molecule has 0 saturated carbocycles. The summed E-state index contributed by atoms with van der Waals surface area (Å²) >= 11 is 0. The number of nitrogens with one attached hydrogen (secondary N) is 2. The normalized spacial score (nSPS) is 12.7. The summed E-state index contributed by atoms with van der Waals surface area (Å²) in [5, 5.41) is 6.60. The number of rotatable bonds is 6. The number of hydrogen-bond donors (Lipinski definition) is 2. The fraction of sp³-hybridized carbons (Fsp3) is 0.667. The van der Waals surface area contributed by atoms with E-state index in [4.69, 9.17) is 0 Å². The van der Waals surface area contributed by atoms with Crippen LogP contribution in [0.4, 0.5) is 0 Å². The molecular formula is C12H24IN5. The predicted octanol–water partition coefficient (Wildman–Crippen LogP) is 1.85. The van der Waals surface area contributed by atoms with Gasteiger partial charge in [0.15, 0.2) is 5.96 Å². The minimum absolute atomic E-state index is 0. The monoisotopic (exact) mass is 365 g/mol. The summed E-state index contributed by atoms with van der Waals surface area (Å²) in [4.78, 5) is 8.52. The van der Waals surface area contributed by atoms with Crippen molar-refractivity contribution >= 4 is 29.9 Å². The zero-order valence-electron chi connectivity index (χ0n) is 11.4. The number of imidazole rings is 1. The van der Waals surface area contributed by atoms with E-state index in [1.165, 1.54) is 0 Å². The van der Waals surface area contributed by atoms with Gasteiger partial charge < -0.3 is 15.2 Å². The highest BCUT2D eigenvalue weighted by Crippen LogP contribution is 1.89. The molecule has 0 fully saturated rings. The highest BCUT2D eigenvalue weighted by Gasteiger charge is 2.01. The lowest BCUT2D eigenvalue weighted by Crippen LogP contribution is -2.42. The van der Waals surface area contributed by atoms with Crippen LogP contribution in [0.3, 0.4) is 0 Å². The maximum Gasteiger partial charge on any atom is 0.191 e. The molecule has 0 radical (unpaired) electrons. The maximum absolute atomic E-state index is 4.52. The summed E-state index contributed by atoms with van der Waals surface area (Å²) in [6.07, 6.45) is 6.63. The lowest BCUT2D eigenvalue weighted by atomic mass is 10.3. The van der Waals surface area contributed by atoms with Crippen LogP contribution in [0.5, 0.6) is 0 Å². The van der Waals surface area contributed by atoms with Gasteiger partial charge in [0.25, 0.3) is 0 Å². The van der Waals surface area contributed by atoms with Gasteiger partial charge in [0.2, 0.25) is 0 Å². The Morgan fingerprint density at radius 2 is 2.22 bits per heavy atom. The smallest absolute Gasteiger partial charge is 0.191 e. The number of nitrogens with zero attached hydrogens (tertiary/aromatic N) is 3. The predicted molar refractivity (Wildman–Crippen MR) is 86.5 cm³/mol. The molecule has 1 aromatic rings. The molecule has 0 saturated heterocycles. The van der Waals surface area contributed by atoms with Crippen molar-refractivity contribution in [2.24, 2.45) is 4.99 Å². The molecule has 0 amide bonds. The Morgan fingerprint density at radius 3 is 2.78 bits per heavy atom. The maximum atomic E-state index is 4.52. The first-order valence-electron chi connectivity index (χ1n) is 6.26. The average molecular weight is 365 g/mol. The van der Waals surface area contributed by atoms with Crippen LogP contribution < -0.4 is 10.6 Å². The standard InChI is InChI=1S/C12H23N5.HI/c1-4-11(3)16-12(14-5-2)15-7-9-17-8-6-13-10-17;/h6,8,10-11H,4-5,7,9H2,1-3H3,(H2,14,15,16);1H. The van der Waals surface area contributed by atoms with Crippen molar-refractivity contribution in [1.29, 1.82) is 0 Å². The summed E-state index contributed by atoms with van der Waals surface area (Å²) in [7, 11) is 0. The summed E-state index contributed by atoms with van der Waals surface area (Å²) in [6, 6.07) is 0.445. The fourth-order valence-corrected chi connectivity index (χ4v) is 1.35. The summed E-state index contributed by atoms with van der Waals surface area (Å²) in [6.45, 7) is 8.88. The molecule has 0 spiro atoms. The third-order valence-corrected chi connectivity index (χ3v) is 2.53. The molecule has 1 unspecified atom stereocenters. The molecule has 0 aromatic carbocycles. The Morgan fingerprint density at radius 1 is 1.44 bits per heavy atom. The van der Waals surface area contributed by atoms with Gasteiger partial charge >= 0.3 is 0 Å². The second-order valence-electron chi connectivity index (χ2n) is 4.01. The van der Waals surface area contributed by atoms with E-state index in [9.17, 15) is 0 Å². The van der Waals surface area contributed by atoms with E-state index in [1.54, 1.807) is 6.20 Å². The molecule has 0 aliphatic carbocycles. The Bertz CT molecular complexity index is 323. The van der Waals surface area contributed by atoms with E-state index in [1.807, 2.05) is 17.1 Å². The third kappa shape index (κ3) is 6.83. The molecule has 0 bridgehead atoms. The summed E-state index contributed by atoms with van der Waals surface area (Å²) < 4.78 is 2.02. The van der Waals surface area contributed by atoms with E-state index in [2.05, 4.69) is 41.4 Å². The minimum Gasteiger partial charge on any atom is -0.357 e. The van der Waals surface area contributed by atoms with Gasteiger partial charge in [-0.15, -0.1) is 24.0 Å². The summed E-state index contributed by atoms with van der Waals surface area (Å²) in [5.41, 5.74) is 0.